The van der Waals surface area contributed by atoms with Crippen molar-refractivity contribution in [1.82, 2.24) is 0 Å². The minimum Gasteiger partial charge on any atom is -0.547 e. The summed E-state index contributed by atoms with van der Waals surface area (Å²) in [6, 6.07) is 0. The summed E-state index contributed by atoms with van der Waals surface area (Å²) in [4.78, 5) is 0. The third kappa shape index (κ3) is 8.60. The Morgan fingerprint density at radius 1 is 0.917 bits per heavy atom. The van der Waals surface area contributed by atoms with Gasteiger partial charge in [0, 0.05) is 5.56 Å². The molecule has 1 heterocycles. The molecule has 0 fully saturated rings. The highest BCUT2D eigenvalue weighted by Gasteiger charge is 2.34. The fourth-order valence-corrected chi connectivity index (χ4v) is 5.72. The lowest BCUT2D eigenvalue weighted by molar-refractivity contribution is 0.0559. The standard InChI is InChI=1S/C31H48F2O2Si/c1-22(14-10-16-27(20-32)21-33)12-9-13-23(2)15-11-18-31(6)19-17-28-26(5)29(35-36(7)8)24(3)25(4)30(28)34-31/h12,15-16,36H,9-11,13-14,17-21H2,1-8H3/b22-12+,23-15+/t31-/m1/s1. The lowest BCUT2D eigenvalue weighted by atomic mass is 9.85. The number of halogens is 2. The molecule has 0 radical (unpaired) electrons. The summed E-state index contributed by atoms with van der Waals surface area (Å²) in [6.07, 6.45) is 14.0. The molecule has 202 valence electrons. The Kier molecular flexibility index (Phi) is 11.9. The predicted molar refractivity (Wildman–Crippen MR) is 153 cm³/mol. The lowest BCUT2D eigenvalue weighted by Gasteiger charge is -2.38. The number of rotatable bonds is 13. The number of allylic oxidation sites excluding steroid dienone is 6. The van der Waals surface area contributed by atoms with E-state index in [0.717, 1.165) is 56.4 Å². The second kappa shape index (κ2) is 14.2. The first-order valence-electron chi connectivity index (χ1n) is 13.6. The number of hydrogen-bond donors (Lipinski definition) is 0. The van der Waals surface area contributed by atoms with Crippen molar-refractivity contribution >= 4 is 9.04 Å². The number of ether oxygens (including phenoxy) is 1. The molecule has 1 aromatic carbocycles. The van der Waals surface area contributed by atoms with Gasteiger partial charge in [-0.3, -0.25) is 0 Å². The molecule has 0 aromatic heterocycles. The van der Waals surface area contributed by atoms with E-state index in [0.29, 0.717) is 6.42 Å². The van der Waals surface area contributed by atoms with Crippen molar-refractivity contribution < 1.29 is 17.9 Å². The highest BCUT2D eigenvalue weighted by molar-refractivity contribution is 6.49. The van der Waals surface area contributed by atoms with Crippen molar-refractivity contribution in [1.29, 1.82) is 0 Å². The summed E-state index contributed by atoms with van der Waals surface area (Å²) >= 11 is 0. The lowest BCUT2D eigenvalue weighted by Crippen LogP contribution is -2.37. The zero-order chi connectivity index (χ0) is 26.9. The van der Waals surface area contributed by atoms with Gasteiger partial charge in [-0.2, -0.15) is 0 Å². The van der Waals surface area contributed by atoms with Crippen LogP contribution >= 0.6 is 0 Å². The van der Waals surface area contributed by atoms with Crippen LogP contribution in [-0.2, 0) is 6.42 Å². The van der Waals surface area contributed by atoms with Gasteiger partial charge in [0.05, 0.1) is 0 Å². The van der Waals surface area contributed by atoms with Gasteiger partial charge in [0.2, 0.25) is 9.04 Å². The van der Waals surface area contributed by atoms with Crippen LogP contribution in [0.4, 0.5) is 8.78 Å². The molecule has 1 aliphatic rings. The fraction of sp³-hybridized carbons (Fsp3) is 0.613. The quantitative estimate of drug-likeness (QED) is 0.191. The van der Waals surface area contributed by atoms with E-state index in [1.165, 1.54) is 33.4 Å². The summed E-state index contributed by atoms with van der Waals surface area (Å²) in [7, 11) is -1.17. The number of hydrogen-bond acceptors (Lipinski definition) is 2. The van der Waals surface area contributed by atoms with Crippen molar-refractivity contribution in [3.63, 3.8) is 0 Å². The first-order valence-corrected chi connectivity index (χ1v) is 16.4. The molecule has 0 N–H and O–H groups in total. The van der Waals surface area contributed by atoms with Crippen molar-refractivity contribution in [3.05, 3.63) is 57.2 Å². The number of fused-ring (bicyclic) bond motifs is 1. The first kappa shape index (κ1) is 30.3. The zero-order valence-electron chi connectivity index (χ0n) is 24.0. The molecule has 36 heavy (non-hydrogen) atoms. The molecule has 1 atom stereocenters. The Bertz CT molecular complexity index is 972. The van der Waals surface area contributed by atoms with Crippen LogP contribution in [0.15, 0.2) is 34.9 Å². The molecule has 0 saturated heterocycles. The Labute approximate surface area is 220 Å². The Morgan fingerprint density at radius 3 is 2.08 bits per heavy atom. The molecule has 2 nitrogen and oxygen atoms in total. The molecule has 0 spiro atoms. The summed E-state index contributed by atoms with van der Waals surface area (Å²) < 4.78 is 38.1. The molecule has 0 aliphatic carbocycles. The van der Waals surface area contributed by atoms with Gasteiger partial charge in [-0.15, -0.1) is 0 Å². The molecule has 0 unspecified atom stereocenters. The summed E-state index contributed by atoms with van der Waals surface area (Å²) in [5.74, 6) is 2.17. The number of alkyl halides is 2. The van der Waals surface area contributed by atoms with Crippen molar-refractivity contribution in [2.75, 3.05) is 13.3 Å². The topological polar surface area (TPSA) is 18.5 Å². The van der Waals surface area contributed by atoms with Crippen molar-refractivity contribution in [2.45, 2.75) is 112 Å². The second-order valence-electron chi connectivity index (χ2n) is 11.1. The van der Waals surface area contributed by atoms with Gasteiger partial charge in [-0.1, -0.05) is 29.4 Å². The van der Waals surface area contributed by atoms with Gasteiger partial charge in [-0.25, -0.2) is 8.78 Å². The molecule has 0 amide bonds. The van der Waals surface area contributed by atoms with Crippen LogP contribution in [0.25, 0.3) is 0 Å². The number of benzene rings is 1. The Hall–Kier alpha value is -1.88. The molecule has 0 saturated carbocycles. The summed E-state index contributed by atoms with van der Waals surface area (Å²) in [5.41, 5.74) is 7.82. The Morgan fingerprint density at radius 2 is 1.50 bits per heavy atom. The van der Waals surface area contributed by atoms with Crippen LogP contribution in [0.3, 0.4) is 0 Å². The molecular weight excluding hydrogens is 470 g/mol. The average molecular weight is 519 g/mol. The van der Waals surface area contributed by atoms with E-state index in [1.807, 2.05) is 0 Å². The maximum absolute atomic E-state index is 12.5. The van der Waals surface area contributed by atoms with E-state index in [1.54, 1.807) is 6.08 Å². The summed E-state index contributed by atoms with van der Waals surface area (Å²) in [6.45, 7) is 16.1. The van der Waals surface area contributed by atoms with Crippen LogP contribution in [0.1, 0.15) is 88.0 Å². The third-order valence-corrected chi connectivity index (χ3v) is 8.14. The van der Waals surface area contributed by atoms with Crippen LogP contribution < -0.4 is 9.16 Å². The van der Waals surface area contributed by atoms with Crippen LogP contribution in [-0.4, -0.2) is 28.0 Å². The van der Waals surface area contributed by atoms with E-state index < -0.39 is 22.4 Å². The van der Waals surface area contributed by atoms with E-state index in [9.17, 15) is 8.78 Å². The van der Waals surface area contributed by atoms with E-state index >= 15 is 0 Å². The SMILES string of the molecule is C/C(=C\CC/C(C)=C/CC[C@]1(C)CCc2c(C)c(O[SiH](C)C)c(C)c(C)c2O1)CCC=C(CF)CF. The van der Waals surface area contributed by atoms with E-state index in [-0.39, 0.29) is 11.2 Å². The normalized spacial score (nSPS) is 18.2. The maximum Gasteiger partial charge on any atom is 0.229 e. The predicted octanol–water partition coefficient (Wildman–Crippen LogP) is 9.16. The van der Waals surface area contributed by atoms with Gasteiger partial charge in [0.25, 0.3) is 0 Å². The Balaban J connectivity index is 1.91. The average Bonchev–Trinajstić information content (AvgIpc) is 2.83. The maximum atomic E-state index is 12.5. The molecular formula is C31H48F2O2Si. The third-order valence-electron chi connectivity index (χ3n) is 7.43. The fourth-order valence-electron chi connectivity index (χ4n) is 4.89. The van der Waals surface area contributed by atoms with Crippen LogP contribution in [0.5, 0.6) is 11.5 Å². The minimum absolute atomic E-state index is 0.148. The molecule has 1 aromatic rings. The van der Waals surface area contributed by atoms with Gasteiger partial charge < -0.3 is 9.16 Å². The minimum atomic E-state index is -1.17. The monoisotopic (exact) mass is 518 g/mol. The van der Waals surface area contributed by atoms with Gasteiger partial charge in [0.15, 0.2) is 0 Å². The van der Waals surface area contributed by atoms with Gasteiger partial charge >= 0.3 is 0 Å². The summed E-state index contributed by atoms with van der Waals surface area (Å²) in [5, 5.41) is 0. The molecule has 1 aliphatic heterocycles. The van der Waals surface area contributed by atoms with Crippen molar-refractivity contribution in [2.24, 2.45) is 0 Å². The smallest absolute Gasteiger partial charge is 0.229 e. The molecule has 5 heteroatoms. The van der Waals surface area contributed by atoms with Gasteiger partial charge in [0.1, 0.15) is 30.4 Å². The highest BCUT2D eigenvalue weighted by atomic mass is 28.3. The van der Waals surface area contributed by atoms with Crippen LogP contribution in [0, 0.1) is 20.8 Å². The van der Waals surface area contributed by atoms with Crippen LogP contribution in [0.2, 0.25) is 13.1 Å². The highest BCUT2D eigenvalue weighted by Crippen LogP contribution is 2.45. The second-order valence-corrected chi connectivity index (χ2v) is 13.4. The van der Waals surface area contributed by atoms with E-state index in [4.69, 9.17) is 9.16 Å². The molecule has 2 rings (SSSR count). The first-order chi connectivity index (χ1) is 17.0. The van der Waals surface area contributed by atoms with E-state index in [2.05, 4.69) is 66.8 Å². The largest absolute Gasteiger partial charge is 0.547 e. The zero-order valence-corrected chi connectivity index (χ0v) is 25.1. The molecule has 0 bridgehead atoms. The van der Waals surface area contributed by atoms with Crippen molar-refractivity contribution in [3.8, 4) is 11.5 Å². The van der Waals surface area contributed by atoms with Gasteiger partial charge in [-0.05, 0) is 128 Å².